The number of carboxylic acid groups (broad SMARTS) is 1. The highest BCUT2D eigenvalue weighted by Gasteiger charge is 2.40. The Labute approximate surface area is 143 Å². The summed E-state index contributed by atoms with van der Waals surface area (Å²) in [5.41, 5.74) is 0.821. The fraction of sp³-hybridized carbons (Fsp3) is 0.263. The molecule has 2 aromatic rings. The van der Waals surface area contributed by atoms with Crippen LogP contribution in [0, 0.1) is 17.6 Å². The quantitative estimate of drug-likeness (QED) is 0.927. The summed E-state index contributed by atoms with van der Waals surface area (Å²) >= 11 is 0. The summed E-state index contributed by atoms with van der Waals surface area (Å²) in [6.45, 7) is 0.307. The van der Waals surface area contributed by atoms with E-state index in [0.29, 0.717) is 0 Å². The Morgan fingerprint density at radius 3 is 2.48 bits per heavy atom. The zero-order valence-corrected chi connectivity index (χ0v) is 13.4. The highest BCUT2D eigenvalue weighted by atomic mass is 19.1. The molecule has 2 unspecified atom stereocenters. The Kier molecular flexibility index (Phi) is 4.79. The molecule has 0 spiro atoms. The highest BCUT2D eigenvalue weighted by Crippen LogP contribution is 2.33. The molecule has 1 aliphatic rings. The molecule has 2 aromatic carbocycles. The molecule has 2 atom stereocenters. The Balaban J connectivity index is 1.78. The lowest BCUT2D eigenvalue weighted by Gasteiger charge is -2.17. The van der Waals surface area contributed by atoms with E-state index in [4.69, 9.17) is 0 Å². The molecule has 130 valence electrons. The Hall–Kier alpha value is -2.76. The average molecular weight is 345 g/mol. The van der Waals surface area contributed by atoms with Crippen LogP contribution < -0.4 is 0 Å². The van der Waals surface area contributed by atoms with Gasteiger partial charge in [0.25, 0.3) is 0 Å². The van der Waals surface area contributed by atoms with Crippen molar-refractivity contribution in [3.63, 3.8) is 0 Å². The van der Waals surface area contributed by atoms with Crippen molar-refractivity contribution in [2.24, 2.45) is 5.92 Å². The molecule has 1 amide bonds. The first-order chi connectivity index (χ1) is 12.0. The van der Waals surface area contributed by atoms with Gasteiger partial charge in [-0.15, -0.1) is 0 Å². The topological polar surface area (TPSA) is 57.6 Å². The molecule has 1 aliphatic heterocycles. The van der Waals surface area contributed by atoms with Crippen molar-refractivity contribution in [2.75, 3.05) is 13.1 Å². The fourth-order valence-electron chi connectivity index (χ4n) is 3.25. The molecule has 4 nitrogen and oxygen atoms in total. The van der Waals surface area contributed by atoms with E-state index in [2.05, 4.69) is 0 Å². The maximum Gasteiger partial charge on any atom is 0.308 e. The molecular weight excluding hydrogens is 328 g/mol. The number of carbonyl (C=O) groups excluding carboxylic acids is 1. The zero-order chi connectivity index (χ0) is 18.0. The normalized spacial score (nSPS) is 19.8. The summed E-state index contributed by atoms with van der Waals surface area (Å²) in [6, 6.07) is 12.1. The van der Waals surface area contributed by atoms with Crippen molar-refractivity contribution >= 4 is 11.9 Å². The molecule has 3 rings (SSSR count). The maximum absolute atomic E-state index is 13.7. The van der Waals surface area contributed by atoms with E-state index in [9.17, 15) is 23.5 Å². The van der Waals surface area contributed by atoms with Gasteiger partial charge >= 0.3 is 5.97 Å². The molecule has 0 aromatic heterocycles. The first kappa shape index (κ1) is 17.1. The lowest BCUT2D eigenvalue weighted by Crippen LogP contribution is -2.31. The van der Waals surface area contributed by atoms with E-state index >= 15 is 0 Å². The molecular formula is C19H17F2NO3. The zero-order valence-electron chi connectivity index (χ0n) is 13.4. The van der Waals surface area contributed by atoms with Crippen LogP contribution in [0.25, 0.3) is 0 Å². The molecule has 1 saturated heterocycles. The number of halogens is 2. The van der Waals surface area contributed by atoms with E-state index in [1.54, 1.807) is 0 Å². The van der Waals surface area contributed by atoms with Gasteiger partial charge in [-0.3, -0.25) is 9.59 Å². The van der Waals surface area contributed by atoms with Crippen molar-refractivity contribution in [1.29, 1.82) is 0 Å². The number of amides is 1. The predicted octanol–water partition coefficient (Wildman–Crippen LogP) is 2.83. The minimum absolute atomic E-state index is 0.0277. The predicted molar refractivity (Wildman–Crippen MR) is 87.0 cm³/mol. The summed E-state index contributed by atoms with van der Waals surface area (Å²) in [5.74, 6) is -3.68. The standard InChI is InChI=1S/C19H17F2NO3/c20-14-6-7-17(21)13(8-14)9-18(23)22-10-15(16(11-22)19(24)25)12-4-2-1-3-5-12/h1-8,15-16H,9-11H2,(H,24,25). The van der Waals surface area contributed by atoms with Crippen LogP contribution >= 0.6 is 0 Å². The summed E-state index contributed by atoms with van der Waals surface area (Å²) in [4.78, 5) is 25.4. The van der Waals surface area contributed by atoms with E-state index in [1.807, 2.05) is 30.3 Å². The number of hydrogen-bond acceptors (Lipinski definition) is 2. The molecule has 0 bridgehead atoms. The van der Waals surface area contributed by atoms with Gasteiger partial charge in [-0.05, 0) is 23.8 Å². The molecule has 1 heterocycles. The molecule has 1 N–H and O–H groups in total. The van der Waals surface area contributed by atoms with Gasteiger partial charge in [0.15, 0.2) is 0 Å². The Bertz CT molecular complexity index is 795. The van der Waals surface area contributed by atoms with Gasteiger partial charge in [-0.2, -0.15) is 0 Å². The number of hydrogen-bond donors (Lipinski definition) is 1. The Morgan fingerprint density at radius 2 is 1.80 bits per heavy atom. The summed E-state index contributed by atoms with van der Waals surface area (Å²) in [7, 11) is 0. The van der Waals surface area contributed by atoms with Gasteiger partial charge in [0.05, 0.1) is 12.3 Å². The lowest BCUT2D eigenvalue weighted by molar-refractivity contribution is -0.141. The molecule has 1 fully saturated rings. The Morgan fingerprint density at radius 1 is 1.08 bits per heavy atom. The van der Waals surface area contributed by atoms with Crippen molar-refractivity contribution in [2.45, 2.75) is 12.3 Å². The monoisotopic (exact) mass is 345 g/mol. The maximum atomic E-state index is 13.7. The first-order valence-corrected chi connectivity index (χ1v) is 7.95. The number of rotatable bonds is 4. The molecule has 0 aliphatic carbocycles. The van der Waals surface area contributed by atoms with Crippen molar-refractivity contribution in [3.8, 4) is 0 Å². The van der Waals surface area contributed by atoms with Crippen molar-refractivity contribution in [3.05, 3.63) is 71.3 Å². The van der Waals surface area contributed by atoms with Gasteiger partial charge < -0.3 is 10.0 Å². The third kappa shape index (κ3) is 3.68. The molecule has 0 saturated carbocycles. The van der Waals surface area contributed by atoms with E-state index in [0.717, 1.165) is 23.8 Å². The van der Waals surface area contributed by atoms with Crippen molar-refractivity contribution in [1.82, 2.24) is 4.90 Å². The largest absolute Gasteiger partial charge is 0.481 e. The summed E-state index contributed by atoms with van der Waals surface area (Å²) in [5, 5.41) is 9.47. The third-order valence-corrected chi connectivity index (χ3v) is 4.57. The second-order valence-corrected chi connectivity index (χ2v) is 6.17. The molecule has 25 heavy (non-hydrogen) atoms. The van der Waals surface area contributed by atoms with Crippen LogP contribution in [0.15, 0.2) is 48.5 Å². The number of likely N-dealkylation sites (tertiary alicyclic amines) is 1. The van der Waals surface area contributed by atoms with Gasteiger partial charge in [0.2, 0.25) is 5.91 Å². The van der Waals surface area contributed by atoms with Crippen LogP contribution in [-0.4, -0.2) is 35.0 Å². The molecule has 6 heteroatoms. The fourth-order valence-corrected chi connectivity index (χ4v) is 3.25. The minimum atomic E-state index is -0.971. The minimum Gasteiger partial charge on any atom is -0.481 e. The van der Waals surface area contributed by atoms with Gasteiger partial charge in [0, 0.05) is 24.6 Å². The first-order valence-electron chi connectivity index (χ1n) is 7.95. The summed E-state index contributed by atoms with van der Waals surface area (Å²) in [6.07, 6.45) is -0.294. The van der Waals surface area contributed by atoms with Crippen LogP contribution in [-0.2, 0) is 16.0 Å². The van der Waals surface area contributed by atoms with Crippen LogP contribution in [0.2, 0.25) is 0 Å². The second kappa shape index (κ2) is 7.01. The second-order valence-electron chi connectivity index (χ2n) is 6.17. The number of aliphatic carboxylic acids is 1. The van der Waals surface area contributed by atoms with E-state index in [1.165, 1.54) is 4.90 Å². The van der Waals surface area contributed by atoms with Gasteiger partial charge in [-0.25, -0.2) is 8.78 Å². The SMILES string of the molecule is O=C(O)C1CN(C(=O)Cc2cc(F)ccc2F)CC1c1ccccc1. The van der Waals surface area contributed by atoms with Crippen LogP contribution in [0.1, 0.15) is 17.0 Å². The smallest absolute Gasteiger partial charge is 0.308 e. The van der Waals surface area contributed by atoms with Crippen LogP contribution in [0.3, 0.4) is 0 Å². The van der Waals surface area contributed by atoms with Gasteiger partial charge in [-0.1, -0.05) is 30.3 Å². The van der Waals surface area contributed by atoms with E-state index in [-0.39, 0.29) is 31.0 Å². The van der Waals surface area contributed by atoms with Gasteiger partial charge in [0.1, 0.15) is 11.6 Å². The highest BCUT2D eigenvalue weighted by molar-refractivity contribution is 5.81. The molecule has 0 radical (unpaired) electrons. The van der Waals surface area contributed by atoms with E-state index < -0.39 is 29.4 Å². The number of benzene rings is 2. The number of nitrogens with zero attached hydrogens (tertiary/aromatic N) is 1. The number of carboxylic acids is 1. The lowest BCUT2D eigenvalue weighted by atomic mass is 9.89. The van der Waals surface area contributed by atoms with Crippen LogP contribution in [0.5, 0.6) is 0 Å². The van der Waals surface area contributed by atoms with Crippen LogP contribution in [0.4, 0.5) is 8.78 Å². The average Bonchev–Trinajstić information content (AvgIpc) is 3.05. The number of carbonyl (C=O) groups is 2. The van der Waals surface area contributed by atoms with Crippen molar-refractivity contribution < 1.29 is 23.5 Å². The third-order valence-electron chi connectivity index (χ3n) is 4.57. The summed E-state index contributed by atoms with van der Waals surface area (Å²) < 4.78 is 27.0.